The van der Waals surface area contributed by atoms with Crippen molar-refractivity contribution in [2.45, 2.75) is 0 Å². The van der Waals surface area contributed by atoms with Gasteiger partial charge in [-0.2, -0.15) is 0 Å². The van der Waals surface area contributed by atoms with Crippen molar-refractivity contribution in [1.29, 1.82) is 0 Å². The zero-order valence-electron chi connectivity index (χ0n) is 10.3. The van der Waals surface area contributed by atoms with E-state index in [1.54, 1.807) is 12.1 Å². The number of rotatable bonds is 2. The van der Waals surface area contributed by atoms with Crippen molar-refractivity contribution < 1.29 is 8.91 Å². The van der Waals surface area contributed by atoms with E-state index in [1.165, 1.54) is 12.1 Å². The molecule has 0 aliphatic rings. The van der Waals surface area contributed by atoms with E-state index in [0.717, 1.165) is 10.0 Å². The molecule has 0 unspecified atom stereocenters. The van der Waals surface area contributed by atoms with Crippen LogP contribution in [0.4, 0.5) is 10.2 Å². The van der Waals surface area contributed by atoms with Crippen LogP contribution in [-0.4, -0.2) is 5.16 Å². The molecule has 0 aliphatic heterocycles. The molecule has 0 fully saturated rings. The van der Waals surface area contributed by atoms with E-state index in [-0.39, 0.29) is 11.6 Å². The molecule has 5 heteroatoms. The highest BCUT2D eigenvalue weighted by molar-refractivity contribution is 9.10. The number of halogens is 2. The fourth-order valence-electron chi connectivity index (χ4n) is 2.05. The summed E-state index contributed by atoms with van der Waals surface area (Å²) in [5, 5.41) is 3.80. The Morgan fingerprint density at radius 2 is 1.90 bits per heavy atom. The second-order valence-electron chi connectivity index (χ2n) is 4.26. The second-order valence-corrected chi connectivity index (χ2v) is 5.12. The molecule has 1 heterocycles. The fraction of sp³-hybridized carbons (Fsp3) is 0. The summed E-state index contributed by atoms with van der Waals surface area (Å²) >= 11 is 3.46. The number of nitrogen functional groups attached to an aromatic ring is 1. The summed E-state index contributed by atoms with van der Waals surface area (Å²) < 4.78 is 19.6. The molecule has 0 amide bonds. The van der Waals surface area contributed by atoms with Gasteiger partial charge in [0.05, 0.1) is 5.56 Å². The smallest absolute Gasteiger partial charge is 0.178 e. The number of nitrogens with two attached hydrogens (primary N) is 1. The topological polar surface area (TPSA) is 52.0 Å². The van der Waals surface area contributed by atoms with Crippen molar-refractivity contribution in [2.75, 3.05) is 5.73 Å². The molecular weight excluding hydrogens is 323 g/mol. The van der Waals surface area contributed by atoms with Crippen molar-refractivity contribution in [2.24, 2.45) is 0 Å². The molecule has 3 aromatic rings. The maximum atomic E-state index is 13.4. The van der Waals surface area contributed by atoms with Gasteiger partial charge in [-0.25, -0.2) is 4.39 Å². The van der Waals surface area contributed by atoms with E-state index >= 15 is 0 Å². The number of anilines is 1. The van der Waals surface area contributed by atoms with Gasteiger partial charge in [0, 0.05) is 10.0 Å². The molecule has 1 aromatic heterocycles. The molecule has 3 nitrogen and oxygen atoms in total. The minimum atomic E-state index is -0.332. The van der Waals surface area contributed by atoms with Crippen LogP contribution in [0.2, 0.25) is 0 Å². The van der Waals surface area contributed by atoms with E-state index in [2.05, 4.69) is 21.1 Å². The molecule has 0 bridgehead atoms. The molecule has 0 aliphatic carbocycles. The van der Waals surface area contributed by atoms with Gasteiger partial charge in [0.25, 0.3) is 0 Å². The maximum Gasteiger partial charge on any atom is 0.178 e. The quantitative estimate of drug-likeness (QED) is 0.752. The number of aromatic nitrogens is 1. The molecule has 0 atom stereocenters. The van der Waals surface area contributed by atoms with Crippen molar-refractivity contribution in [3.05, 3.63) is 58.8 Å². The zero-order chi connectivity index (χ0) is 14.1. The van der Waals surface area contributed by atoms with E-state index < -0.39 is 0 Å². The first-order valence-electron chi connectivity index (χ1n) is 5.93. The summed E-state index contributed by atoms with van der Waals surface area (Å²) in [4.78, 5) is 0. The first-order chi connectivity index (χ1) is 9.66. The van der Waals surface area contributed by atoms with E-state index in [1.807, 2.05) is 24.3 Å². The van der Waals surface area contributed by atoms with Crippen molar-refractivity contribution >= 4 is 21.7 Å². The summed E-state index contributed by atoms with van der Waals surface area (Å²) in [6.07, 6.45) is 0. The minimum absolute atomic E-state index is 0.237. The predicted octanol–water partition coefficient (Wildman–Crippen LogP) is 4.49. The Kier molecular flexibility index (Phi) is 3.28. The van der Waals surface area contributed by atoms with Crippen molar-refractivity contribution in [1.82, 2.24) is 5.16 Å². The van der Waals surface area contributed by atoms with Gasteiger partial charge in [-0.15, -0.1) is 0 Å². The standard InChI is InChI=1S/C15H10BrFN2O/c16-12-7-2-1-6-11(12)14-13(15(18)19-20-14)9-4-3-5-10(17)8-9/h1-8H,(H2,18,19). The molecule has 100 valence electrons. The SMILES string of the molecule is Nc1noc(-c2ccccc2Br)c1-c1cccc(F)c1. The minimum Gasteiger partial charge on any atom is -0.380 e. The van der Waals surface area contributed by atoms with Gasteiger partial charge in [-0.1, -0.05) is 45.4 Å². The number of benzene rings is 2. The zero-order valence-corrected chi connectivity index (χ0v) is 11.9. The number of hydrogen-bond acceptors (Lipinski definition) is 3. The van der Waals surface area contributed by atoms with Gasteiger partial charge < -0.3 is 10.3 Å². The molecule has 0 radical (unpaired) electrons. The average molecular weight is 333 g/mol. The Morgan fingerprint density at radius 1 is 1.10 bits per heavy atom. The normalized spacial score (nSPS) is 10.7. The summed E-state index contributed by atoms with van der Waals surface area (Å²) in [6.45, 7) is 0. The van der Waals surface area contributed by atoms with Crippen LogP contribution in [0.25, 0.3) is 22.5 Å². The maximum absolute atomic E-state index is 13.4. The van der Waals surface area contributed by atoms with Crippen LogP contribution >= 0.6 is 15.9 Å². The third-order valence-electron chi connectivity index (χ3n) is 2.95. The van der Waals surface area contributed by atoms with Gasteiger partial charge in [0.1, 0.15) is 5.82 Å². The Bertz CT molecular complexity index is 770. The third-order valence-corrected chi connectivity index (χ3v) is 3.64. The van der Waals surface area contributed by atoms with Crippen LogP contribution < -0.4 is 5.73 Å². The van der Waals surface area contributed by atoms with Crippen LogP contribution in [-0.2, 0) is 0 Å². The van der Waals surface area contributed by atoms with Crippen LogP contribution in [0.1, 0.15) is 0 Å². The Hall–Kier alpha value is -2.14. The Labute approximate surface area is 123 Å². The molecule has 20 heavy (non-hydrogen) atoms. The van der Waals surface area contributed by atoms with Gasteiger partial charge in [-0.05, 0) is 29.8 Å². The van der Waals surface area contributed by atoms with Crippen molar-refractivity contribution in [3.63, 3.8) is 0 Å². The summed E-state index contributed by atoms with van der Waals surface area (Å²) in [5.74, 6) is 0.420. The van der Waals surface area contributed by atoms with Gasteiger partial charge in [-0.3, -0.25) is 0 Å². The van der Waals surface area contributed by atoms with Crippen LogP contribution in [0.5, 0.6) is 0 Å². The first kappa shape index (κ1) is 12.9. The molecule has 3 rings (SSSR count). The van der Waals surface area contributed by atoms with Crippen LogP contribution in [0.3, 0.4) is 0 Å². The summed E-state index contributed by atoms with van der Waals surface area (Å²) in [7, 11) is 0. The monoisotopic (exact) mass is 332 g/mol. The Balaban J connectivity index is 2.23. The largest absolute Gasteiger partial charge is 0.380 e. The van der Waals surface area contributed by atoms with Gasteiger partial charge in [0.15, 0.2) is 11.6 Å². The van der Waals surface area contributed by atoms with E-state index in [4.69, 9.17) is 10.3 Å². The molecule has 0 saturated carbocycles. The summed E-state index contributed by atoms with van der Waals surface area (Å²) in [5.41, 5.74) is 7.91. The lowest BCUT2D eigenvalue weighted by molar-refractivity contribution is 0.436. The van der Waals surface area contributed by atoms with E-state index in [0.29, 0.717) is 16.9 Å². The average Bonchev–Trinajstić information content (AvgIpc) is 2.81. The number of hydrogen-bond donors (Lipinski definition) is 1. The molecular formula is C15H10BrFN2O. The predicted molar refractivity (Wildman–Crippen MR) is 79.4 cm³/mol. The fourth-order valence-corrected chi connectivity index (χ4v) is 2.52. The van der Waals surface area contributed by atoms with Crippen LogP contribution in [0.15, 0.2) is 57.5 Å². The Morgan fingerprint density at radius 3 is 2.65 bits per heavy atom. The summed E-state index contributed by atoms with van der Waals surface area (Å²) in [6, 6.07) is 13.7. The lowest BCUT2D eigenvalue weighted by Gasteiger charge is -2.04. The van der Waals surface area contributed by atoms with Gasteiger partial charge in [0.2, 0.25) is 0 Å². The molecule has 2 N–H and O–H groups in total. The number of nitrogens with zero attached hydrogens (tertiary/aromatic N) is 1. The molecule has 0 saturated heterocycles. The second kappa shape index (κ2) is 5.09. The van der Waals surface area contributed by atoms with E-state index in [9.17, 15) is 4.39 Å². The van der Waals surface area contributed by atoms with Gasteiger partial charge >= 0.3 is 0 Å². The third kappa shape index (κ3) is 2.20. The molecule has 2 aromatic carbocycles. The first-order valence-corrected chi connectivity index (χ1v) is 6.72. The lowest BCUT2D eigenvalue weighted by atomic mass is 10.0. The highest BCUT2D eigenvalue weighted by Gasteiger charge is 2.19. The molecule has 0 spiro atoms. The lowest BCUT2D eigenvalue weighted by Crippen LogP contribution is -1.89. The van der Waals surface area contributed by atoms with Crippen LogP contribution in [0, 0.1) is 5.82 Å². The highest BCUT2D eigenvalue weighted by atomic mass is 79.9. The highest BCUT2D eigenvalue weighted by Crippen LogP contribution is 2.39. The van der Waals surface area contributed by atoms with Crippen molar-refractivity contribution in [3.8, 4) is 22.5 Å².